The van der Waals surface area contributed by atoms with E-state index in [0.29, 0.717) is 17.1 Å². The van der Waals surface area contributed by atoms with Gasteiger partial charge in [-0.05, 0) is 42.5 Å². The molecule has 0 aliphatic carbocycles. The molecule has 8 nitrogen and oxygen atoms in total. The highest BCUT2D eigenvalue weighted by atomic mass is 19.1. The van der Waals surface area contributed by atoms with Crippen molar-refractivity contribution in [2.24, 2.45) is 0 Å². The van der Waals surface area contributed by atoms with Gasteiger partial charge in [0.1, 0.15) is 17.6 Å². The summed E-state index contributed by atoms with van der Waals surface area (Å²) in [6.07, 6.45) is 1.74. The molecular formula is C20H17FN4O4. The van der Waals surface area contributed by atoms with Gasteiger partial charge in [-0.3, -0.25) is 4.79 Å². The number of carbonyl (C=O) groups excluding carboxylic acids is 1. The van der Waals surface area contributed by atoms with Crippen LogP contribution in [0.1, 0.15) is 22.3 Å². The van der Waals surface area contributed by atoms with Gasteiger partial charge in [-0.2, -0.15) is 4.98 Å². The smallest absolute Gasteiger partial charge is 0.251 e. The quantitative estimate of drug-likeness (QED) is 0.462. The summed E-state index contributed by atoms with van der Waals surface area (Å²) in [6, 6.07) is 9.69. The molecule has 148 valence electrons. The summed E-state index contributed by atoms with van der Waals surface area (Å²) in [6.45, 7) is -0.448. The Morgan fingerprint density at radius 3 is 2.83 bits per heavy atom. The first-order chi connectivity index (χ1) is 14.1. The summed E-state index contributed by atoms with van der Waals surface area (Å²) in [7, 11) is 1.58. The van der Waals surface area contributed by atoms with E-state index < -0.39 is 24.4 Å². The van der Waals surface area contributed by atoms with E-state index in [4.69, 9.17) is 9.26 Å². The van der Waals surface area contributed by atoms with Crippen molar-refractivity contribution in [2.75, 3.05) is 13.7 Å². The maximum absolute atomic E-state index is 13.0. The molecule has 0 saturated carbocycles. The maximum atomic E-state index is 13.0. The molecule has 0 fully saturated rings. The van der Waals surface area contributed by atoms with E-state index in [-0.39, 0.29) is 11.5 Å². The minimum absolute atomic E-state index is 0.0511. The van der Waals surface area contributed by atoms with Crippen LogP contribution in [0.3, 0.4) is 0 Å². The first-order valence-electron chi connectivity index (χ1n) is 8.75. The van der Waals surface area contributed by atoms with E-state index in [0.717, 1.165) is 10.9 Å². The van der Waals surface area contributed by atoms with Crippen molar-refractivity contribution in [3.63, 3.8) is 0 Å². The third kappa shape index (κ3) is 3.67. The Balaban J connectivity index is 1.59. The summed E-state index contributed by atoms with van der Waals surface area (Å²) in [5.41, 5.74) is 1.80. The van der Waals surface area contributed by atoms with Crippen molar-refractivity contribution < 1.29 is 23.6 Å². The highest BCUT2D eigenvalue weighted by Crippen LogP contribution is 2.30. The average Bonchev–Trinajstić information content (AvgIpc) is 3.38. The number of nitrogens with one attached hydrogen (secondary N) is 2. The van der Waals surface area contributed by atoms with E-state index in [1.807, 2.05) is 18.2 Å². The van der Waals surface area contributed by atoms with Crippen LogP contribution in [-0.4, -0.2) is 39.9 Å². The number of aromatic amines is 1. The SMILES string of the molecule is COc1ccc2[nH]cc(-c3noc(C(CO)NC(=O)c4ccc(F)cc4)n3)c2c1. The second-order valence-electron chi connectivity index (χ2n) is 6.29. The van der Waals surface area contributed by atoms with Crippen LogP contribution in [0.25, 0.3) is 22.3 Å². The lowest BCUT2D eigenvalue weighted by molar-refractivity contribution is 0.0901. The first-order valence-corrected chi connectivity index (χ1v) is 8.75. The Morgan fingerprint density at radius 2 is 2.10 bits per heavy atom. The van der Waals surface area contributed by atoms with E-state index in [1.165, 1.54) is 24.3 Å². The van der Waals surface area contributed by atoms with E-state index in [2.05, 4.69) is 20.4 Å². The zero-order valence-corrected chi connectivity index (χ0v) is 15.3. The summed E-state index contributed by atoms with van der Waals surface area (Å²) in [5, 5.41) is 17.1. The Labute approximate surface area is 164 Å². The van der Waals surface area contributed by atoms with E-state index >= 15 is 0 Å². The van der Waals surface area contributed by atoms with Crippen LogP contribution < -0.4 is 10.1 Å². The van der Waals surface area contributed by atoms with Gasteiger partial charge in [-0.25, -0.2) is 4.39 Å². The number of aliphatic hydroxyl groups excluding tert-OH is 1. The van der Waals surface area contributed by atoms with Gasteiger partial charge in [-0.15, -0.1) is 0 Å². The molecule has 1 atom stereocenters. The van der Waals surface area contributed by atoms with Crippen LogP contribution >= 0.6 is 0 Å². The molecule has 0 aliphatic heterocycles. The molecule has 1 unspecified atom stereocenters. The van der Waals surface area contributed by atoms with Gasteiger partial charge in [0.05, 0.1) is 13.7 Å². The summed E-state index contributed by atoms with van der Waals surface area (Å²) >= 11 is 0. The Bertz CT molecular complexity index is 1150. The minimum Gasteiger partial charge on any atom is -0.497 e. The molecule has 0 saturated heterocycles. The minimum atomic E-state index is -0.909. The number of methoxy groups -OCH3 is 1. The van der Waals surface area contributed by atoms with Gasteiger partial charge in [0.2, 0.25) is 5.82 Å². The molecule has 3 N–H and O–H groups in total. The standard InChI is InChI=1S/C20H17FN4O4/c1-28-13-6-7-16-14(8-13)15(9-22-16)18-24-20(29-25-18)17(10-26)23-19(27)11-2-4-12(21)5-3-11/h2-9,17,22,26H,10H2,1H3,(H,23,27). The van der Waals surface area contributed by atoms with Crippen molar-refractivity contribution in [3.8, 4) is 17.1 Å². The number of carbonyl (C=O) groups is 1. The number of amides is 1. The number of H-pyrrole nitrogens is 1. The lowest BCUT2D eigenvalue weighted by Crippen LogP contribution is -2.31. The zero-order chi connectivity index (χ0) is 20.4. The van der Waals surface area contributed by atoms with Gasteiger partial charge in [0, 0.05) is 28.2 Å². The average molecular weight is 396 g/mol. The van der Waals surface area contributed by atoms with Crippen LogP contribution in [0, 0.1) is 5.82 Å². The van der Waals surface area contributed by atoms with Gasteiger partial charge >= 0.3 is 0 Å². The fourth-order valence-corrected chi connectivity index (χ4v) is 2.93. The Kier molecular flexibility index (Phi) is 4.96. The number of fused-ring (bicyclic) bond motifs is 1. The maximum Gasteiger partial charge on any atom is 0.251 e. The molecule has 29 heavy (non-hydrogen) atoms. The van der Waals surface area contributed by atoms with Crippen molar-refractivity contribution in [1.82, 2.24) is 20.4 Å². The number of aromatic nitrogens is 3. The Hall–Kier alpha value is -3.72. The molecule has 2 aromatic heterocycles. The number of ether oxygens (including phenoxy) is 1. The molecule has 1 amide bonds. The van der Waals surface area contributed by atoms with Gasteiger partial charge < -0.3 is 24.7 Å². The van der Waals surface area contributed by atoms with Crippen LogP contribution in [0.4, 0.5) is 4.39 Å². The third-order valence-electron chi connectivity index (χ3n) is 4.46. The van der Waals surface area contributed by atoms with Crippen LogP contribution in [0.15, 0.2) is 53.2 Å². The van der Waals surface area contributed by atoms with Gasteiger partial charge in [0.15, 0.2) is 0 Å². The molecule has 0 spiro atoms. The number of nitrogens with zero attached hydrogens (tertiary/aromatic N) is 2. The molecule has 4 aromatic rings. The van der Waals surface area contributed by atoms with Crippen LogP contribution in [0.5, 0.6) is 5.75 Å². The predicted octanol–water partition coefficient (Wildman–Crippen LogP) is 2.83. The number of hydrogen-bond acceptors (Lipinski definition) is 6. The lowest BCUT2D eigenvalue weighted by Gasteiger charge is -2.12. The summed E-state index contributed by atoms with van der Waals surface area (Å²) in [5.74, 6) is 0.0869. The lowest BCUT2D eigenvalue weighted by atomic mass is 10.1. The third-order valence-corrected chi connectivity index (χ3v) is 4.46. The molecule has 2 aromatic carbocycles. The normalized spacial score (nSPS) is 12.1. The van der Waals surface area contributed by atoms with Crippen molar-refractivity contribution in [1.29, 1.82) is 0 Å². The highest BCUT2D eigenvalue weighted by Gasteiger charge is 2.23. The summed E-state index contributed by atoms with van der Waals surface area (Å²) < 4.78 is 23.5. The van der Waals surface area contributed by atoms with Gasteiger partial charge in [0.25, 0.3) is 11.8 Å². The van der Waals surface area contributed by atoms with Crippen molar-refractivity contribution >= 4 is 16.8 Å². The Morgan fingerprint density at radius 1 is 1.31 bits per heavy atom. The largest absolute Gasteiger partial charge is 0.497 e. The molecule has 2 heterocycles. The number of aliphatic hydroxyl groups is 1. The predicted molar refractivity (Wildman–Crippen MR) is 102 cm³/mol. The number of hydrogen-bond donors (Lipinski definition) is 3. The van der Waals surface area contributed by atoms with Crippen LogP contribution in [-0.2, 0) is 0 Å². The van der Waals surface area contributed by atoms with Crippen molar-refractivity contribution in [3.05, 3.63) is 65.9 Å². The number of halogens is 1. The second-order valence-corrected chi connectivity index (χ2v) is 6.29. The summed E-state index contributed by atoms with van der Waals surface area (Å²) in [4.78, 5) is 19.8. The highest BCUT2D eigenvalue weighted by molar-refractivity contribution is 5.95. The molecule has 0 bridgehead atoms. The van der Waals surface area contributed by atoms with Crippen LogP contribution in [0.2, 0.25) is 0 Å². The fourth-order valence-electron chi connectivity index (χ4n) is 2.93. The molecule has 0 radical (unpaired) electrons. The van der Waals surface area contributed by atoms with E-state index in [1.54, 1.807) is 13.3 Å². The topological polar surface area (TPSA) is 113 Å². The molecule has 9 heteroatoms. The second kappa shape index (κ2) is 7.72. The molecule has 0 aliphatic rings. The molecular weight excluding hydrogens is 379 g/mol. The van der Waals surface area contributed by atoms with Crippen molar-refractivity contribution in [2.45, 2.75) is 6.04 Å². The fraction of sp³-hybridized carbons (Fsp3) is 0.150. The number of rotatable bonds is 6. The monoisotopic (exact) mass is 396 g/mol. The van der Waals surface area contributed by atoms with E-state index in [9.17, 15) is 14.3 Å². The molecule has 4 rings (SSSR count). The van der Waals surface area contributed by atoms with Gasteiger partial charge in [-0.1, -0.05) is 5.16 Å². The first kappa shape index (κ1) is 18.6. The number of benzene rings is 2. The zero-order valence-electron chi connectivity index (χ0n) is 15.3.